The largest absolute Gasteiger partial charge is 0.467 e. The Bertz CT molecular complexity index is 970. The Balaban J connectivity index is 1.50. The molecule has 3 aromatic rings. The number of benzene rings is 1. The van der Waals surface area contributed by atoms with Crippen molar-refractivity contribution >= 4 is 44.7 Å². The first kappa shape index (κ1) is 16.3. The van der Waals surface area contributed by atoms with Gasteiger partial charge in [-0.2, -0.15) is 0 Å². The van der Waals surface area contributed by atoms with Crippen molar-refractivity contribution in [3.63, 3.8) is 0 Å². The third kappa shape index (κ3) is 3.19. The number of amides is 1. The summed E-state index contributed by atoms with van der Waals surface area (Å²) in [6.45, 7) is 1.80. The number of nitrogens with one attached hydrogen (secondary N) is 1. The molecule has 1 N–H and O–H groups in total. The second kappa shape index (κ2) is 6.61. The number of hydrogen-bond acceptors (Lipinski definition) is 5. The maximum Gasteiger partial charge on any atom is 0.262 e. The van der Waals surface area contributed by atoms with E-state index in [2.05, 4.69) is 15.3 Å². The van der Waals surface area contributed by atoms with Gasteiger partial charge in [0.25, 0.3) is 5.91 Å². The third-order valence-electron chi connectivity index (χ3n) is 4.27. The van der Waals surface area contributed by atoms with Gasteiger partial charge >= 0.3 is 0 Å². The lowest BCUT2D eigenvalue weighted by Crippen LogP contribution is -2.21. The van der Waals surface area contributed by atoms with Gasteiger partial charge in [0.1, 0.15) is 11.2 Å². The zero-order chi connectivity index (χ0) is 17.4. The molecule has 1 aliphatic carbocycles. The Kier molecular flexibility index (Phi) is 4.31. The summed E-state index contributed by atoms with van der Waals surface area (Å²) in [6.07, 6.45) is 4.76. The summed E-state index contributed by atoms with van der Waals surface area (Å²) in [5.41, 5.74) is 2.91. The highest BCUT2D eigenvalue weighted by atomic mass is 35.5. The average molecular weight is 374 g/mol. The van der Waals surface area contributed by atoms with Crippen molar-refractivity contribution in [1.82, 2.24) is 9.97 Å². The van der Waals surface area contributed by atoms with Gasteiger partial charge in [-0.1, -0.05) is 11.6 Å². The van der Waals surface area contributed by atoms with Gasteiger partial charge in [0.2, 0.25) is 5.88 Å². The molecule has 0 aliphatic heterocycles. The first-order valence-corrected chi connectivity index (χ1v) is 9.25. The molecule has 0 bridgehead atoms. The molecule has 5 nitrogen and oxygen atoms in total. The minimum Gasteiger partial charge on any atom is -0.467 e. The van der Waals surface area contributed by atoms with Crippen LogP contribution in [0.4, 0.5) is 5.69 Å². The third-order valence-corrected chi connectivity index (χ3v) is 5.70. The molecular weight excluding hydrogens is 358 g/mol. The number of hydrogen-bond donors (Lipinski definition) is 1. The van der Waals surface area contributed by atoms with Gasteiger partial charge in [-0.05, 0) is 55.5 Å². The standard InChI is InChI=1S/C18H16ClN3O2S/c1-10-7-11(19)5-6-13(10)22-15(23)8-24-17-16-12-3-2-4-14(12)25-18(16)21-9-20-17/h5-7,9H,2-4,8H2,1H3,(H,22,23). The zero-order valence-corrected chi connectivity index (χ0v) is 15.2. The van der Waals surface area contributed by atoms with E-state index >= 15 is 0 Å². The average Bonchev–Trinajstić information content (AvgIpc) is 3.16. The van der Waals surface area contributed by atoms with Crippen LogP contribution in [0.15, 0.2) is 24.5 Å². The molecular formula is C18H16ClN3O2S. The summed E-state index contributed by atoms with van der Waals surface area (Å²) >= 11 is 7.63. The molecule has 0 saturated heterocycles. The van der Waals surface area contributed by atoms with Gasteiger partial charge in [-0.25, -0.2) is 9.97 Å². The van der Waals surface area contributed by atoms with E-state index in [4.69, 9.17) is 16.3 Å². The van der Waals surface area contributed by atoms with Crippen LogP contribution in [0.5, 0.6) is 5.88 Å². The smallest absolute Gasteiger partial charge is 0.262 e. The molecule has 2 aromatic heterocycles. The number of halogens is 1. The van der Waals surface area contributed by atoms with E-state index in [0.717, 1.165) is 40.7 Å². The first-order valence-electron chi connectivity index (χ1n) is 8.06. The number of rotatable bonds is 4. The quantitative estimate of drug-likeness (QED) is 0.745. The van der Waals surface area contributed by atoms with E-state index in [0.29, 0.717) is 10.9 Å². The van der Waals surface area contributed by atoms with Gasteiger partial charge in [0.15, 0.2) is 6.61 Å². The van der Waals surface area contributed by atoms with Crippen LogP contribution < -0.4 is 10.1 Å². The fourth-order valence-corrected chi connectivity index (χ4v) is 4.54. The molecule has 0 spiro atoms. The van der Waals surface area contributed by atoms with E-state index < -0.39 is 0 Å². The zero-order valence-electron chi connectivity index (χ0n) is 13.6. The number of fused-ring (bicyclic) bond motifs is 3. The lowest BCUT2D eigenvalue weighted by atomic mass is 10.2. The van der Waals surface area contributed by atoms with Crippen LogP contribution >= 0.6 is 22.9 Å². The number of anilines is 1. The van der Waals surface area contributed by atoms with Gasteiger partial charge < -0.3 is 10.1 Å². The summed E-state index contributed by atoms with van der Waals surface area (Å²) in [5.74, 6) is 0.261. The molecule has 4 rings (SSSR count). The lowest BCUT2D eigenvalue weighted by Gasteiger charge is -2.10. The fraction of sp³-hybridized carbons (Fsp3) is 0.278. The summed E-state index contributed by atoms with van der Waals surface area (Å²) in [7, 11) is 0. The number of thiophene rings is 1. The molecule has 1 aromatic carbocycles. The van der Waals surface area contributed by atoms with Gasteiger partial charge in [-0.3, -0.25) is 4.79 Å². The molecule has 0 fully saturated rings. The number of aromatic nitrogens is 2. The molecule has 7 heteroatoms. The predicted octanol–water partition coefficient (Wildman–Crippen LogP) is 4.16. The summed E-state index contributed by atoms with van der Waals surface area (Å²) in [5, 5.41) is 4.45. The normalized spacial score (nSPS) is 13.0. The summed E-state index contributed by atoms with van der Waals surface area (Å²) < 4.78 is 5.72. The highest BCUT2D eigenvalue weighted by molar-refractivity contribution is 7.18. The molecule has 0 radical (unpaired) electrons. The van der Waals surface area contributed by atoms with Crippen LogP contribution in [0.3, 0.4) is 0 Å². The van der Waals surface area contributed by atoms with E-state index in [-0.39, 0.29) is 12.5 Å². The topological polar surface area (TPSA) is 64.1 Å². The molecule has 1 amide bonds. The van der Waals surface area contributed by atoms with Gasteiger partial charge in [-0.15, -0.1) is 11.3 Å². The van der Waals surface area contributed by atoms with Crippen LogP contribution in [0.1, 0.15) is 22.4 Å². The molecule has 0 unspecified atom stereocenters. The molecule has 1 aliphatic rings. The van der Waals surface area contributed by atoms with Crippen molar-refractivity contribution in [3.05, 3.63) is 45.6 Å². The minimum atomic E-state index is -0.232. The fourth-order valence-electron chi connectivity index (χ4n) is 3.10. The van der Waals surface area contributed by atoms with E-state index in [9.17, 15) is 4.79 Å². The highest BCUT2D eigenvalue weighted by Crippen LogP contribution is 2.39. The monoisotopic (exact) mass is 373 g/mol. The number of nitrogens with zero attached hydrogens (tertiary/aromatic N) is 2. The maximum absolute atomic E-state index is 12.2. The summed E-state index contributed by atoms with van der Waals surface area (Å²) in [6, 6.07) is 5.33. The molecule has 0 saturated carbocycles. The van der Waals surface area contributed by atoms with Gasteiger partial charge in [0, 0.05) is 15.6 Å². The number of carbonyl (C=O) groups excluding carboxylic acids is 1. The van der Waals surface area contributed by atoms with E-state index in [1.165, 1.54) is 16.8 Å². The van der Waals surface area contributed by atoms with Crippen molar-refractivity contribution in [3.8, 4) is 5.88 Å². The van der Waals surface area contributed by atoms with Crippen LogP contribution in [-0.2, 0) is 17.6 Å². The van der Waals surface area contributed by atoms with Crippen LogP contribution in [0.25, 0.3) is 10.2 Å². The van der Waals surface area contributed by atoms with Crippen molar-refractivity contribution in [2.24, 2.45) is 0 Å². The van der Waals surface area contributed by atoms with E-state index in [1.807, 2.05) is 6.92 Å². The van der Waals surface area contributed by atoms with Crippen molar-refractivity contribution < 1.29 is 9.53 Å². The first-order chi connectivity index (χ1) is 12.1. The maximum atomic E-state index is 12.2. The Morgan fingerprint density at radius 3 is 3.08 bits per heavy atom. The Hall–Kier alpha value is -2.18. The van der Waals surface area contributed by atoms with Crippen molar-refractivity contribution in [2.75, 3.05) is 11.9 Å². The minimum absolute atomic E-state index is 0.0984. The lowest BCUT2D eigenvalue weighted by molar-refractivity contribution is -0.118. The highest BCUT2D eigenvalue weighted by Gasteiger charge is 2.22. The van der Waals surface area contributed by atoms with Crippen LogP contribution in [-0.4, -0.2) is 22.5 Å². The van der Waals surface area contributed by atoms with Crippen LogP contribution in [0.2, 0.25) is 5.02 Å². The Labute approximate surface area is 154 Å². The summed E-state index contributed by atoms with van der Waals surface area (Å²) in [4.78, 5) is 23.1. The molecule has 128 valence electrons. The number of aryl methyl sites for hydroxylation is 3. The second-order valence-electron chi connectivity index (χ2n) is 6.01. The Morgan fingerprint density at radius 2 is 2.24 bits per heavy atom. The van der Waals surface area contributed by atoms with Gasteiger partial charge in [0.05, 0.1) is 5.39 Å². The number of carbonyl (C=O) groups is 1. The predicted molar refractivity (Wildman–Crippen MR) is 99.8 cm³/mol. The second-order valence-corrected chi connectivity index (χ2v) is 7.53. The van der Waals surface area contributed by atoms with E-state index in [1.54, 1.807) is 29.5 Å². The number of ether oxygens (including phenoxy) is 1. The Morgan fingerprint density at radius 1 is 1.36 bits per heavy atom. The van der Waals surface area contributed by atoms with Crippen LogP contribution in [0, 0.1) is 6.92 Å². The van der Waals surface area contributed by atoms with Crippen molar-refractivity contribution in [1.29, 1.82) is 0 Å². The molecule has 25 heavy (non-hydrogen) atoms. The molecule has 2 heterocycles. The molecule has 0 atom stereocenters. The van der Waals surface area contributed by atoms with Crippen molar-refractivity contribution in [2.45, 2.75) is 26.2 Å². The SMILES string of the molecule is Cc1cc(Cl)ccc1NC(=O)COc1ncnc2sc3c(c12)CCC3.